The van der Waals surface area contributed by atoms with E-state index in [2.05, 4.69) is 95.4 Å². The molecule has 3 aromatic rings. The van der Waals surface area contributed by atoms with E-state index < -0.39 is 0 Å². The molecule has 1 saturated carbocycles. The van der Waals surface area contributed by atoms with Crippen molar-refractivity contribution in [1.82, 2.24) is 10.4 Å². The van der Waals surface area contributed by atoms with E-state index in [1.54, 1.807) is 0 Å². The van der Waals surface area contributed by atoms with Gasteiger partial charge in [-0.3, -0.25) is 0 Å². The summed E-state index contributed by atoms with van der Waals surface area (Å²) in [4.78, 5) is 0. The third-order valence-electron chi connectivity index (χ3n) is 6.51. The molecule has 3 aliphatic rings. The lowest BCUT2D eigenvalue weighted by Gasteiger charge is -2.46. The molecule has 1 fully saturated rings. The van der Waals surface area contributed by atoms with Crippen LogP contribution in [0.15, 0.2) is 84.9 Å². The monoisotopic (exact) mass is 380 g/mol. The zero-order valence-electron chi connectivity index (χ0n) is 16.3. The molecular weight excluding hydrogens is 356 g/mol. The van der Waals surface area contributed by atoms with Gasteiger partial charge in [0.15, 0.2) is 5.72 Å². The van der Waals surface area contributed by atoms with Crippen molar-refractivity contribution in [1.29, 1.82) is 0 Å². The average molecular weight is 380 g/mol. The van der Waals surface area contributed by atoms with Crippen LogP contribution in [0.25, 0.3) is 16.8 Å². The summed E-state index contributed by atoms with van der Waals surface area (Å²) in [6.45, 7) is 0. The number of benzene rings is 3. The largest absolute Gasteiger partial charge is 0.471 e. The van der Waals surface area contributed by atoms with Gasteiger partial charge in [0.25, 0.3) is 0 Å². The molecule has 0 unspecified atom stereocenters. The van der Waals surface area contributed by atoms with Crippen LogP contribution in [0.2, 0.25) is 0 Å². The van der Waals surface area contributed by atoms with Gasteiger partial charge in [0, 0.05) is 18.4 Å². The van der Waals surface area contributed by atoms with Gasteiger partial charge in [-0.2, -0.15) is 5.01 Å². The molecule has 0 bridgehead atoms. The molecule has 3 nitrogen and oxygen atoms in total. The number of rotatable bonds is 2. The zero-order valence-corrected chi connectivity index (χ0v) is 16.3. The molecule has 1 spiro atoms. The fourth-order valence-corrected chi connectivity index (χ4v) is 5.03. The van der Waals surface area contributed by atoms with Crippen LogP contribution in [-0.2, 0) is 0 Å². The smallest absolute Gasteiger partial charge is 0.180 e. The topological polar surface area (TPSA) is 24.5 Å². The number of fused-ring (bicyclic) bond motifs is 4. The van der Waals surface area contributed by atoms with Crippen molar-refractivity contribution in [2.24, 2.45) is 0 Å². The Balaban J connectivity index is 1.36. The third-order valence-corrected chi connectivity index (χ3v) is 6.51. The van der Waals surface area contributed by atoms with E-state index in [1.165, 1.54) is 40.8 Å². The van der Waals surface area contributed by atoms with Crippen LogP contribution in [0.4, 0.5) is 0 Å². The summed E-state index contributed by atoms with van der Waals surface area (Å²) in [5.74, 6) is 1.04. The summed E-state index contributed by atoms with van der Waals surface area (Å²) in [5.41, 5.74) is 9.59. The number of ether oxygens (including phenoxy) is 1. The molecular formula is C26H24N2O. The molecule has 1 atom stereocenters. The highest BCUT2D eigenvalue weighted by atomic mass is 16.5. The Morgan fingerprint density at radius 1 is 0.759 bits per heavy atom. The van der Waals surface area contributed by atoms with Gasteiger partial charge in [-0.05, 0) is 41.7 Å². The van der Waals surface area contributed by atoms with Gasteiger partial charge in [0.1, 0.15) is 5.75 Å². The summed E-state index contributed by atoms with van der Waals surface area (Å²) in [6, 6.07) is 28.1. The van der Waals surface area contributed by atoms with Gasteiger partial charge in [0.05, 0.1) is 11.7 Å². The lowest BCUT2D eigenvalue weighted by Crippen LogP contribution is -2.58. The molecule has 3 heteroatoms. The summed E-state index contributed by atoms with van der Waals surface area (Å²) >= 11 is 0. The molecule has 1 aliphatic carbocycles. The molecule has 1 N–H and O–H groups in total. The highest BCUT2D eigenvalue weighted by Crippen LogP contribution is 2.50. The Hall–Kier alpha value is -3.04. The van der Waals surface area contributed by atoms with Crippen LogP contribution >= 0.6 is 0 Å². The third kappa shape index (κ3) is 2.69. The van der Waals surface area contributed by atoms with E-state index in [0.29, 0.717) is 0 Å². The number of hydrogen-bond donors (Lipinski definition) is 1. The molecule has 0 saturated heterocycles. The molecule has 0 aromatic heterocycles. The maximum Gasteiger partial charge on any atom is 0.180 e. The first-order chi connectivity index (χ1) is 14.3. The van der Waals surface area contributed by atoms with E-state index >= 15 is 0 Å². The molecule has 3 aromatic carbocycles. The summed E-state index contributed by atoms with van der Waals surface area (Å²) in [7, 11) is 0. The van der Waals surface area contributed by atoms with Crippen molar-refractivity contribution in [3.8, 4) is 16.9 Å². The Morgan fingerprint density at radius 3 is 2.21 bits per heavy atom. The van der Waals surface area contributed by atoms with Gasteiger partial charge < -0.3 is 10.2 Å². The number of hydrogen-bond acceptors (Lipinski definition) is 3. The SMILES string of the molecule is C1=C(c2ccc(-c3ccccc3)cc2)NN2[C@H]1c1ccccc1OC21CCCC1. The Morgan fingerprint density at radius 2 is 1.41 bits per heavy atom. The van der Waals surface area contributed by atoms with Crippen molar-refractivity contribution in [3.63, 3.8) is 0 Å². The van der Waals surface area contributed by atoms with Crippen molar-refractivity contribution in [3.05, 3.63) is 96.1 Å². The van der Waals surface area contributed by atoms with Gasteiger partial charge in [0.2, 0.25) is 0 Å². The maximum atomic E-state index is 6.59. The van der Waals surface area contributed by atoms with Gasteiger partial charge in [-0.15, -0.1) is 0 Å². The molecule has 2 aliphatic heterocycles. The second-order valence-corrected chi connectivity index (χ2v) is 8.24. The molecule has 0 amide bonds. The van der Waals surface area contributed by atoms with E-state index in [9.17, 15) is 0 Å². The summed E-state index contributed by atoms with van der Waals surface area (Å²) in [5, 5.41) is 2.36. The molecule has 0 radical (unpaired) electrons. The minimum atomic E-state index is -0.235. The standard InChI is InChI=1S/C26H24N2O/c1-2-8-19(9-3-1)20-12-14-21(15-13-20)23-18-24-22-10-4-5-11-25(22)29-26(28(24)27-23)16-6-7-17-26/h1-5,8-15,18,24,27H,6-7,16-17H2/t24-/m1/s1. The zero-order chi connectivity index (χ0) is 19.3. The number of para-hydroxylation sites is 1. The first-order valence-electron chi connectivity index (χ1n) is 10.5. The predicted molar refractivity (Wildman–Crippen MR) is 116 cm³/mol. The molecule has 6 rings (SSSR count). The van der Waals surface area contributed by atoms with Crippen LogP contribution in [0, 0.1) is 0 Å². The lowest BCUT2D eigenvalue weighted by molar-refractivity contribution is -0.125. The fraction of sp³-hybridized carbons (Fsp3) is 0.231. The van der Waals surface area contributed by atoms with E-state index in [4.69, 9.17) is 4.74 Å². The Labute approximate surface area is 171 Å². The first kappa shape index (κ1) is 16.9. The normalized spacial score (nSPS) is 21.8. The highest BCUT2D eigenvalue weighted by Gasteiger charge is 2.51. The van der Waals surface area contributed by atoms with Crippen molar-refractivity contribution in [2.45, 2.75) is 37.5 Å². The van der Waals surface area contributed by atoms with E-state index in [-0.39, 0.29) is 11.8 Å². The van der Waals surface area contributed by atoms with E-state index in [0.717, 1.165) is 18.6 Å². The van der Waals surface area contributed by atoms with Crippen LogP contribution in [0.3, 0.4) is 0 Å². The van der Waals surface area contributed by atoms with Crippen LogP contribution in [0.1, 0.15) is 42.9 Å². The van der Waals surface area contributed by atoms with Crippen molar-refractivity contribution >= 4 is 5.70 Å². The van der Waals surface area contributed by atoms with Gasteiger partial charge >= 0.3 is 0 Å². The Bertz CT molecular complexity index is 1070. The van der Waals surface area contributed by atoms with Crippen LogP contribution < -0.4 is 10.2 Å². The quantitative estimate of drug-likeness (QED) is 0.597. The maximum absolute atomic E-state index is 6.59. The Kier molecular flexibility index (Phi) is 3.78. The van der Waals surface area contributed by atoms with Crippen molar-refractivity contribution < 1.29 is 4.74 Å². The fourth-order valence-electron chi connectivity index (χ4n) is 5.03. The van der Waals surface area contributed by atoms with Crippen LogP contribution in [-0.4, -0.2) is 10.7 Å². The van der Waals surface area contributed by atoms with Gasteiger partial charge in [-0.1, -0.05) is 72.8 Å². The lowest BCUT2D eigenvalue weighted by atomic mass is 9.98. The molecule has 29 heavy (non-hydrogen) atoms. The summed E-state index contributed by atoms with van der Waals surface area (Å²) < 4.78 is 6.59. The van der Waals surface area contributed by atoms with Gasteiger partial charge in [-0.25, -0.2) is 0 Å². The number of nitrogens with zero attached hydrogens (tertiary/aromatic N) is 1. The minimum absolute atomic E-state index is 0.210. The first-order valence-corrected chi connectivity index (χ1v) is 10.5. The predicted octanol–water partition coefficient (Wildman–Crippen LogP) is 5.92. The average Bonchev–Trinajstić information content (AvgIpc) is 3.43. The number of hydrazine groups is 1. The highest BCUT2D eigenvalue weighted by molar-refractivity contribution is 5.71. The van der Waals surface area contributed by atoms with E-state index in [1.807, 2.05) is 0 Å². The van der Waals surface area contributed by atoms with Crippen molar-refractivity contribution in [2.75, 3.05) is 0 Å². The number of nitrogens with one attached hydrogen (secondary N) is 1. The summed E-state index contributed by atoms with van der Waals surface area (Å²) in [6.07, 6.45) is 6.93. The molecule has 2 heterocycles. The minimum Gasteiger partial charge on any atom is -0.471 e. The van der Waals surface area contributed by atoms with Crippen LogP contribution in [0.5, 0.6) is 5.75 Å². The second kappa shape index (κ2) is 6.50. The molecule has 144 valence electrons. The second-order valence-electron chi connectivity index (χ2n) is 8.24.